The lowest BCUT2D eigenvalue weighted by molar-refractivity contribution is -0.167. The van der Waals surface area contributed by atoms with Crippen molar-refractivity contribution in [2.75, 3.05) is 13.2 Å². The molecule has 0 aliphatic carbocycles. The molecule has 0 saturated heterocycles. The Morgan fingerprint density at radius 1 is 0.300 bits per heavy atom. The third kappa shape index (κ3) is 55.3. The first-order valence-corrected chi connectivity index (χ1v) is 29.2. The first kappa shape index (κ1) is 66.3. The molecule has 0 heterocycles. The van der Waals surface area contributed by atoms with E-state index < -0.39 is 6.10 Å². The van der Waals surface area contributed by atoms with E-state index in [2.05, 4.69) is 118 Å². The summed E-state index contributed by atoms with van der Waals surface area (Å²) in [6, 6.07) is 0. The van der Waals surface area contributed by atoms with E-state index in [0.29, 0.717) is 19.3 Å². The Balaban J connectivity index is 4.39. The normalized spacial score (nSPS) is 12.8. The van der Waals surface area contributed by atoms with Gasteiger partial charge in [-0.05, 0) is 116 Å². The summed E-state index contributed by atoms with van der Waals surface area (Å²) >= 11 is 0. The zero-order valence-electron chi connectivity index (χ0n) is 45.8. The smallest absolute Gasteiger partial charge is 0.306 e. The molecule has 0 amide bonds. The molecule has 0 rings (SSSR count). The van der Waals surface area contributed by atoms with Gasteiger partial charge < -0.3 is 14.2 Å². The van der Waals surface area contributed by atoms with Crippen LogP contribution in [-0.4, -0.2) is 37.2 Å². The first-order valence-electron chi connectivity index (χ1n) is 29.2. The maximum atomic E-state index is 12.9. The Morgan fingerprint density at radius 2 is 0.571 bits per heavy atom. The number of allylic oxidation sites excluding steroid dienone is 16. The average molecular weight is 974 g/mol. The van der Waals surface area contributed by atoms with Gasteiger partial charge in [0.15, 0.2) is 6.10 Å². The Morgan fingerprint density at radius 3 is 0.929 bits per heavy atom. The molecule has 400 valence electrons. The molecule has 1 unspecified atom stereocenters. The van der Waals surface area contributed by atoms with Crippen molar-refractivity contribution in [3.63, 3.8) is 0 Å². The molecule has 0 fully saturated rings. The van der Waals surface area contributed by atoms with Crippen molar-refractivity contribution in [3.05, 3.63) is 97.2 Å². The van der Waals surface area contributed by atoms with Gasteiger partial charge in [-0.15, -0.1) is 0 Å². The second-order valence-electron chi connectivity index (χ2n) is 19.2. The second-order valence-corrected chi connectivity index (χ2v) is 19.2. The van der Waals surface area contributed by atoms with Crippen molar-refractivity contribution in [1.29, 1.82) is 0 Å². The molecule has 0 aromatic heterocycles. The van der Waals surface area contributed by atoms with Crippen LogP contribution in [0.2, 0.25) is 0 Å². The van der Waals surface area contributed by atoms with E-state index in [9.17, 15) is 14.4 Å². The molecule has 0 aliphatic heterocycles. The summed E-state index contributed by atoms with van der Waals surface area (Å²) in [5.74, 6) is -0.928. The summed E-state index contributed by atoms with van der Waals surface area (Å²) < 4.78 is 16.8. The van der Waals surface area contributed by atoms with Gasteiger partial charge in [0.2, 0.25) is 0 Å². The molecule has 0 aromatic rings. The van der Waals surface area contributed by atoms with Crippen LogP contribution in [-0.2, 0) is 28.6 Å². The van der Waals surface area contributed by atoms with Gasteiger partial charge >= 0.3 is 17.9 Å². The summed E-state index contributed by atoms with van der Waals surface area (Å²) in [6.07, 6.45) is 76.8. The summed E-state index contributed by atoms with van der Waals surface area (Å²) in [4.78, 5) is 38.1. The summed E-state index contributed by atoms with van der Waals surface area (Å²) in [7, 11) is 0. The van der Waals surface area contributed by atoms with E-state index in [-0.39, 0.29) is 31.1 Å². The van der Waals surface area contributed by atoms with Crippen LogP contribution in [0.25, 0.3) is 0 Å². The Bertz CT molecular complexity index is 1400. The third-order valence-electron chi connectivity index (χ3n) is 12.3. The highest BCUT2D eigenvalue weighted by Crippen LogP contribution is 2.14. The molecule has 1 atom stereocenters. The summed E-state index contributed by atoms with van der Waals surface area (Å²) in [5, 5.41) is 0. The van der Waals surface area contributed by atoms with Gasteiger partial charge in [0.25, 0.3) is 0 Å². The molecular formula is C64H108O6. The van der Waals surface area contributed by atoms with E-state index in [1.54, 1.807) is 0 Å². The number of ether oxygens (including phenoxy) is 3. The lowest BCUT2D eigenvalue weighted by Crippen LogP contribution is -2.30. The highest BCUT2D eigenvalue weighted by molar-refractivity contribution is 5.71. The number of carbonyl (C=O) groups is 3. The molecule has 6 heteroatoms. The van der Waals surface area contributed by atoms with E-state index in [4.69, 9.17) is 14.2 Å². The Kier molecular flexibility index (Phi) is 54.9. The summed E-state index contributed by atoms with van der Waals surface area (Å²) in [6.45, 7) is 6.46. The van der Waals surface area contributed by atoms with E-state index in [1.807, 2.05) is 0 Å². The quantitative estimate of drug-likeness (QED) is 0.0262. The molecule has 0 spiro atoms. The van der Waals surface area contributed by atoms with Crippen molar-refractivity contribution in [3.8, 4) is 0 Å². The van der Waals surface area contributed by atoms with Gasteiger partial charge in [0, 0.05) is 19.3 Å². The maximum Gasteiger partial charge on any atom is 0.306 e. The molecule has 0 radical (unpaired) electrons. The molecule has 0 saturated carbocycles. The molecular weight excluding hydrogens is 865 g/mol. The van der Waals surface area contributed by atoms with Gasteiger partial charge in [-0.2, -0.15) is 0 Å². The molecule has 0 N–H and O–H groups in total. The van der Waals surface area contributed by atoms with Crippen LogP contribution in [0.5, 0.6) is 0 Å². The second kappa shape index (κ2) is 57.9. The SMILES string of the molecule is CC/C=C\C/C=C\C/C=C\C/C=C\C/C=C\C/C=C\CCCCCCC(=O)OCC(COC(=O)CCCCCCC/C=C\CCCC)OC(=O)CCCCCCCCC/C=C\CCCCCCCCC. The monoisotopic (exact) mass is 973 g/mol. The van der Waals surface area contributed by atoms with Gasteiger partial charge in [0.05, 0.1) is 0 Å². The van der Waals surface area contributed by atoms with Crippen molar-refractivity contribution in [2.45, 2.75) is 277 Å². The van der Waals surface area contributed by atoms with Crippen LogP contribution in [0.1, 0.15) is 271 Å². The van der Waals surface area contributed by atoms with Crippen LogP contribution in [0.4, 0.5) is 0 Å². The van der Waals surface area contributed by atoms with Gasteiger partial charge in [-0.25, -0.2) is 0 Å². The number of hydrogen-bond acceptors (Lipinski definition) is 6. The van der Waals surface area contributed by atoms with Crippen LogP contribution < -0.4 is 0 Å². The van der Waals surface area contributed by atoms with Gasteiger partial charge in [-0.3, -0.25) is 14.4 Å². The fraction of sp³-hybridized carbons (Fsp3) is 0.703. The fourth-order valence-corrected chi connectivity index (χ4v) is 7.89. The number of hydrogen-bond donors (Lipinski definition) is 0. The van der Waals surface area contributed by atoms with E-state index in [0.717, 1.165) is 122 Å². The van der Waals surface area contributed by atoms with Crippen molar-refractivity contribution in [2.24, 2.45) is 0 Å². The van der Waals surface area contributed by atoms with Crippen molar-refractivity contribution in [1.82, 2.24) is 0 Å². The Hall–Kier alpha value is -3.67. The number of esters is 3. The lowest BCUT2D eigenvalue weighted by atomic mass is 10.1. The van der Waals surface area contributed by atoms with Gasteiger partial charge in [-0.1, -0.05) is 234 Å². The molecule has 70 heavy (non-hydrogen) atoms. The lowest BCUT2D eigenvalue weighted by Gasteiger charge is -2.18. The van der Waals surface area contributed by atoms with Crippen LogP contribution in [0.15, 0.2) is 97.2 Å². The largest absolute Gasteiger partial charge is 0.462 e. The molecule has 0 aliphatic rings. The molecule has 0 aromatic carbocycles. The average Bonchev–Trinajstić information content (AvgIpc) is 3.36. The molecule has 0 bridgehead atoms. The van der Waals surface area contributed by atoms with Crippen molar-refractivity contribution >= 4 is 17.9 Å². The Labute approximate surface area is 432 Å². The third-order valence-corrected chi connectivity index (χ3v) is 12.3. The zero-order valence-corrected chi connectivity index (χ0v) is 45.8. The fourth-order valence-electron chi connectivity index (χ4n) is 7.89. The van der Waals surface area contributed by atoms with Crippen LogP contribution >= 0.6 is 0 Å². The predicted molar refractivity (Wildman–Crippen MR) is 302 cm³/mol. The number of carbonyl (C=O) groups excluding carboxylic acids is 3. The minimum atomic E-state index is -0.795. The van der Waals surface area contributed by atoms with E-state index in [1.165, 1.54) is 109 Å². The van der Waals surface area contributed by atoms with E-state index >= 15 is 0 Å². The minimum absolute atomic E-state index is 0.0921. The highest BCUT2D eigenvalue weighted by Gasteiger charge is 2.19. The van der Waals surface area contributed by atoms with Crippen LogP contribution in [0, 0.1) is 0 Å². The highest BCUT2D eigenvalue weighted by atomic mass is 16.6. The van der Waals surface area contributed by atoms with Crippen molar-refractivity contribution < 1.29 is 28.6 Å². The van der Waals surface area contributed by atoms with Crippen LogP contribution in [0.3, 0.4) is 0 Å². The zero-order chi connectivity index (χ0) is 50.7. The maximum absolute atomic E-state index is 12.9. The number of unbranched alkanes of at least 4 members (excludes halogenated alkanes) is 25. The topological polar surface area (TPSA) is 78.9 Å². The van der Waals surface area contributed by atoms with Gasteiger partial charge in [0.1, 0.15) is 13.2 Å². The summed E-state index contributed by atoms with van der Waals surface area (Å²) in [5.41, 5.74) is 0. The standard InChI is InChI=1S/C64H108O6/c1-4-7-10-13-16-19-22-24-26-28-30-31-32-33-34-36-37-39-42-45-48-51-54-57-63(66)69-60-61(59-68-62(65)56-53-50-47-44-41-21-18-15-12-9-6-3)70-64(67)58-55-52-49-46-43-40-38-35-29-27-25-23-20-17-14-11-8-5-2/h7,10,15-16,18-19,24,26-27,29-31,33-34,37,39,61H,4-6,8-9,11-14,17,20-23,25,28,32,35-36,38,40-60H2,1-3H3/b10-7-,18-15-,19-16-,26-24-,29-27-,31-30-,34-33-,39-37-. The minimum Gasteiger partial charge on any atom is -0.462 e. The first-order chi connectivity index (χ1) is 34.5. The number of rotatable bonds is 52. The predicted octanol–water partition coefficient (Wildman–Crippen LogP) is 19.7. The molecule has 6 nitrogen and oxygen atoms in total.